The number of aromatic nitrogens is 3. The van der Waals surface area contributed by atoms with Crippen LogP contribution in [0, 0.1) is 5.92 Å². The van der Waals surface area contributed by atoms with Gasteiger partial charge in [-0.1, -0.05) is 13.8 Å². The number of halogens is 3. The van der Waals surface area contributed by atoms with Gasteiger partial charge in [0.1, 0.15) is 30.1 Å². The molecule has 0 aromatic carbocycles. The van der Waals surface area contributed by atoms with Gasteiger partial charge in [-0.05, 0) is 24.5 Å². The third kappa shape index (κ3) is 5.68. The molecule has 3 aromatic rings. The molecule has 0 saturated carbocycles. The van der Waals surface area contributed by atoms with Gasteiger partial charge in [-0.3, -0.25) is 14.6 Å². The van der Waals surface area contributed by atoms with Crippen LogP contribution in [0.15, 0.2) is 36.9 Å². The molecule has 0 bridgehead atoms. The first-order chi connectivity index (χ1) is 17.5. The second-order valence-electron chi connectivity index (χ2n) is 9.39. The van der Waals surface area contributed by atoms with Crippen molar-refractivity contribution >= 4 is 22.8 Å². The maximum Gasteiger partial charge on any atom is 0.405 e. The summed E-state index contributed by atoms with van der Waals surface area (Å²) in [5, 5.41) is 2.63. The van der Waals surface area contributed by atoms with E-state index in [1.54, 1.807) is 49.5 Å². The molecule has 0 aliphatic carbocycles. The first kappa shape index (κ1) is 26.4. The number of amides is 2. The van der Waals surface area contributed by atoms with Gasteiger partial charge in [0.2, 0.25) is 11.8 Å². The van der Waals surface area contributed by atoms with Gasteiger partial charge in [0.15, 0.2) is 0 Å². The number of carbonyl (C=O) groups excluding carboxylic acids is 2. The van der Waals surface area contributed by atoms with Crippen molar-refractivity contribution in [3.63, 3.8) is 0 Å². The Kier molecular flexibility index (Phi) is 7.39. The van der Waals surface area contributed by atoms with E-state index in [1.807, 2.05) is 5.32 Å². The predicted molar refractivity (Wildman–Crippen MR) is 130 cm³/mol. The van der Waals surface area contributed by atoms with E-state index in [1.165, 1.54) is 6.20 Å². The number of alkyl halides is 3. The highest BCUT2D eigenvalue weighted by Gasteiger charge is 2.41. The molecule has 4 rings (SSSR count). The molecule has 4 N–H and O–H groups in total. The third-order valence-corrected chi connectivity index (χ3v) is 6.57. The van der Waals surface area contributed by atoms with Crippen molar-refractivity contribution in [3.05, 3.63) is 42.5 Å². The molecule has 1 fully saturated rings. The molecule has 198 valence electrons. The van der Waals surface area contributed by atoms with Crippen LogP contribution in [0.3, 0.4) is 0 Å². The number of rotatable bonds is 9. The number of carbonyl (C=O) groups is 2. The number of ether oxygens (including phenoxy) is 1. The fourth-order valence-corrected chi connectivity index (χ4v) is 4.38. The Hall–Kier alpha value is -3.67. The number of fused-ring (bicyclic) bond motifs is 1. The SMILES string of the molecule is CC(C)[C@](N)(C(=O)NCC(F)(F)F)c1cncc(-c2c[nH]c3ncc(OCCN4CCCC4=O)cc23)c1. The van der Waals surface area contributed by atoms with Gasteiger partial charge in [-0.15, -0.1) is 0 Å². The number of nitrogens with two attached hydrogens (primary N) is 1. The second kappa shape index (κ2) is 10.4. The van der Waals surface area contributed by atoms with Gasteiger partial charge in [0.05, 0.1) is 12.7 Å². The number of hydrogen-bond acceptors (Lipinski definition) is 6. The van der Waals surface area contributed by atoms with E-state index in [4.69, 9.17) is 10.5 Å². The maximum atomic E-state index is 12.8. The number of pyridine rings is 2. The zero-order valence-corrected chi connectivity index (χ0v) is 20.6. The highest BCUT2D eigenvalue weighted by Crippen LogP contribution is 2.34. The van der Waals surface area contributed by atoms with Crippen LogP contribution in [0.4, 0.5) is 13.2 Å². The molecule has 0 unspecified atom stereocenters. The van der Waals surface area contributed by atoms with Crippen LogP contribution in [-0.4, -0.2) is 64.1 Å². The minimum Gasteiger partial charge on any atom is -0.490 e. The minimum atomic E-state index is -4.56. The Bertz CT molecular complexity index is 1290. The van der Waals surface area contributed by atoms with E-state index in [-0.39, 0.29) is 11.5 Å². The number of nitrogens with one attached hydrogen (secondary N) is 2. The summed E-state index contributed by atoms with van der Waals surface area (Å²) in [5.74, 6) is -0.815. The Balaban J connectivity index is 1.58. The third-order valence-electron chi connectivity index (χ3n) is 6.57. The van der Waals surface area contributed by atoms with Crippen molar-refractivity contribution in [2.24, 2.45) is 11.7 Å². The van der Waals surface area contributed by atoms with Crippen LogP contribution in [-0.2, 0) is 15.1 Å². The van der Waals surface area contributed by atoms with Crippen molar-refractivity contribution in [3.8, 4) is 16.9 Å². The zero-order chi connectivity index (χ0) is 26.8. The fourth-order valence-electron chi connectivity index (χ4n) is 4.38. The van der Waals surface area contributed by atoms with Gasteiger partial charge < -0.3 is 25.7 Å². The molecular weight excluding hydrogens is 489 g/mol. The fraction of sp³-hybridized carbons (Fsp3) is 0.440. The van der Waals surface area contributed by atoms with Crippen LogP contribution in [0.25, 0.3) is 22.2 Å². The molecule has 1 aliphatic rings. The summed E-state index contributed by atoms with van der Waals surface area (Å²) >= 11 is 0. The topological polar surface area (TPSA) is 126 Å². The summed E-state index contributed by atoms with van der Waals surface area (Å²) in [5.41, 5.74) is 6.87. The lowest BCUT2D eigenvalue weighted by molar-refractivity contribution is -0.143. The number of H-pyrrole nitrogens is 1. The Labute approximate surface area is 211 Å². The molecule has 3 aromatic heterocycles. The summed E-state index contributed by atoms with van der Waals surface area (Å²) in [6.07, 6.45) is 3.13. The first-order valence-electron chi connectivity index (χ1n) is 12.0. The van der Waals surface area contributed by atoms with Crippen molar-refractivity contribution in [2.45, 2.75) is 38.4 Å². The van der Waals surface area contributed by atoms with Crippen LogP contribution < -0.4 is 15.8 Å². The van der Waals surface area contributed by atoms with Crippen molar-refractivity contribution in [2.75, 3.05) is 26.2 Å². The number of nitrogens with zero attached hydrogens (tertiary/aromatic N) is 3. The quantitative estimate of drug-likeness (QED) is 0.400. The molecule has 1 atom stereocenters. The maximum absolute atomic E-state index is 12.8. The van der Waals surface area contributed by atoms with Crippen LogP contribution in [0.1, 0.15) is 32.3 Å². The molecule has 1 saturated heterocycles. The molecule has 0 spiro atoms. The predicted octanol–water partition coefficient (Wildman–Crippen LogP) is 3.11. The molecule has 1 aliphatic heterocycles. The summed E-state index contributed by atoms with van der Waals surface area (Å²) in [4.78, 5) is 38.0. The Morgan fingerprint density at radius 2 is 2.05 bits per heavy atom. The molecule has 12 heteroatoms. The van der Waals surface area contributed by atoms with E-state index >= 15 is 0 Å². The molecule has 37 heavy (non-hydrogen) atoms. The van der Waals surface area contributed by atoms with Gasteiger partial charge in [-0.25, -0.2) is 4.98 Å². The largest absolute Gasteiger partial charge is 0.490 e. The highest BCUT2D eigenvalue weighted by molar-refractivity contribution is 5.95. The summed E-state index contributed by atoms with van der Waals surface area (Å²) in [7, 11) is 0. The number of hydrogen-bond donors (Lipinski definition) is 3. The van der Waals surface area contributed by atoms with Gasteiger partial charge >= 0.3 is 6.18 Å². The van der Waals surface area contributed by atoms with Crippen LogP contribution in [0.5, 0.6) is 5.75 Å². The highest BCUT2D eigenvalue weighted by atomic mass is 19.4. The van der Waals surface area contributed by atoms with E-state index in [0.717, 1.165) is 18.4 Å². The van der Waals surface area contributed by atoms with Crippen molar-refractivity contribution in [1.82, 2.24) is 25.2 Å². The average molecular weight is 519 g/mol. The van der Waals surface area contributed by atoms with E-state index in [9.17, 15) is 22.8 Å². The van der Waals surface area contributed by atoms with Gasteiger partial charge in [0.25, 0.3) is 0 Å². The molecule has 0 radical (unpaired) electrons. The minimum absolute atomic E-state index is 0.127. The smallest absolute Gasteiger partial charge is 0.405 e. The van der Waals surface area contributed by atoms with Gasteiger partial charge in [-0.2, -0.15) is 13.2 Å². The van der Waals surface area contributed by atoms with Crippen molar-refractivity contribution < 1.29 is 27.5 Å². The summed E-state index contributed by atoms with van der Waals surface area (Å²) < 4.78 is 44.0. The Morgan fingerprint density at radius 3 is 2.73 bits per heavy atom. The number of aromatic amines is 1. The second-order valence-corrected chi connectivity index (χ2v) is 9.39. The standard InChI is InChI=1S/C25H29F3N6O3/c1-15(2)25(29,23(36)33-14-24(26,27)28)17-8-16(10-30-11-17)20-13-32-22-19(20)9-18(12-31-22)37-7-6-34-5-3-4-21(34)35/h8-13,15H,3-7,14,29H2,1-2H3,(H,31,32)(H,33,36)/t25-/m1/s1. The molecule has 9 nitrogen and oxygen atoms in total. The molecular formula is C25H29F3N6O3. The van der Waals surface area contributed by atoms with E-state index in [0.29, 0.717) is 42.1 Å². The molecule has 4 heterocycles. The molecule has 2 amide bonds. The lowest BCUT2D eigenvalue weighted by Crippen LogP contribution is -2.56. The lowest BCUT2D eigenvalue weighted by Gasteiger charge is -2.32. The van der Waals surface area contributed by atoms with Crippen molar-refractivity contribution in [1.29, 1.82) is 0 Å². The zero-order valence-electron chi connectivity index (χ0n) is 20.6. The van der Waals surface area contributed by atoms with Crippen LogP contribution in [0.2, 0.25) is 0 Å². The lowest BCUT2D eigenvalue weighted by atomic mass is 9.80. The van der Waals surface area contributed by atoms with Crippen LogP contribution >= 0.6 is 0 Å². The number of likely N-dealkylation sites (tertiary alicyclic amines) is 1. The Morgan fingerprint density at radius 1 is 1.27 bits per heavy atom. The van der Waals surface area contributed by atoms with E-state index in [2.05, 4.69) is 15.0 Å². The normalized spacial score (nSPS) is 15.9. The monoisotopic (exact) mass is 518 g/mol. The average Bonchev–Trinajstić information content (AvgIpc) is 3.47. The summed E-state index contributed by atoms with van der Waals surface area (Å²) in [6, 6.07) is 3.45. The first-order valence-corrected chi connectivity index (χ1v) is 12.0. The van der Waals surface area contributed by atoms with E-state index < -0.39 is 30.1 Å². The van der Waals surface area contributed by atoms with Gasteiger partial charge in [0, 0.05) is 53.6 Å². The summed E-state index contributed by atoms with van der Waals surface area (Å²) in [6.45, 7) is 3.40.